The summed E-state index contributed by atoms with van der Waals surface area (Å²) in [7, 11) is 0. The molecule has 3 rings (SSSR count). The van der Waals surface area contributed by atoms with Gasteiger partial charge in [0, 0.05) is 23.2 Å². The van der Waals surface area contributed by atoms with Gasteiger partial charge in [0.1, 0.15) is 6.61 Å². The summed E-state index contributed by atoms with van der Waals surface area (Å²) < 4.78 is 8.12. The highest BCUT2D eigenvalue weighted by molar-refractivity contribution is 6.31. The number of hydrogen-bond donors (Lipinski definition) is 0. The fraction of sp³-hybridized carbons (Fsp3) is 0.526. The van der Waals surface area contributed by atoms with Crippen molar-refractivity contribution in [3.63, 3.8) is 0 Å². The highest BCUT2D eigenvalue weighted by Crippen LogP contribution is 2.28. The minimum atomic E-state index is 0.488. The minimum Gasteiger partial charge on any atom is -0.473 e. The van der Waals surface area contributed by atoms with Gasteiger partial charge in [-0.05, 0) is 31.2 Å². The molecule has 4 heteroatoms. The van der Waals surface area contributed by atoms with E-state index >= 15 is 0 Å². The van der Waals surface area contributed by atoms with E-state index in [1.165, 1.54) is 25.7 Å². The molecular weight excluding hydrogens is 308 g/mol. The number of aryl methyl sites for hydroxylation is 1. The molecular formula is C19H25ClN2O. The molecule has 0 bridgehead atoms. The Kier molecular flexibility index (Phi) is 5.60. The molecule has 0 unspecified atom stereocenters. The van der Waals surface area contributed by atoms with Gasteiger partial charge in [-0.25, -0.2) is 4.68 Å². The maximum Gasteiger partial charge on any atom is 0.212 e. The summed E-state index contributed by atoms with van der Waals surface area (Å²) in [6.45, 7) is 3.64. The fourth-order valence-corrected chi connectivity index (χ4v) is 3.47. The van der Waals surface area contributed by atoms with Crippen LogP contribution in [0.1, 0.15) is 50.3 Å². The fourth-order valence-electron chi connectivity index (χ4n) is 3.28. The summed E-state index contributed by atoms with van der Waals surface area (Å²) in [6, 6.07) is 9.93. The largest absolute Gasteiger partial charge is 0.473 e. The molecule has 0 atom stereocenters. The first-order valence-electron chi connectivity index (χ1n) is 8.69. The molecule has 1 saturated carbocycles. The predicted molar refractivity (Wildman–Crippen MR) is 94.0 cm³/mol. The maximum absolute atomic E-state index is 6.22. The number of halogens is 1. The Morgan fingerprint density at radius 1 is 1.26 bits per heavy atom. The highest BCUT2D eigenvalue weighted by Gasteiger charge is 2.19. The van der Waals surface area contributed by atoms with Gasteiger partial charge in [-0.3, -0.25) is 0 Å². The van der Waals surface area contributed by atoms with Crippen molar-refractivity contribution >= 4 is 11.6 Å². The van der Waals surface area contributed by atoms with Crippen LogP contribution in [-0.2, 0) is 19.6 Å². The van der Waals surface area contributed by atoms with Crippen molar-refractivity contribution in [1.29, 1.82) is 0 Å². The highest BCUT2D eigenvalue weighted by atomic mass is 35.5. The van der Waals surface area contributed by atoms with E-state index in [1.54, 1.807) is 0 Å². The zero-order chi connectivity index (χ0) is 16.1. The number of hydrogen-bond acceptors (Lipinski definition) is 2. The van der Waals surface area contributed by atoms with Crippen LogP contribution in [0.4, 0.5) is 0 Å². The standard InChI is InChI=1S/C19H25ClN2O/c1-2-7-17-12-19(22(21-17)13-15-8-3-4-9-15)23-14-16-10-5-6-11-18(16)20/h5-6,10-12,15H,2-4,7-9,13-14H2,1H3. The lowest BCUT2D eigenvalue weighted by atomic mass is 10.1. The summed E-state index contributed by atoms with van der Waals surface area (Å²) in [6.07, 6.45) is 7.43. The third kappa shape index (κ3) is 4.29. The summed E-state index contributed by atoms with van der Waals surface area (Å²) in [5, 5.41) is 5.51. The Morgan fingerprint density at radius 3 is 2.78 bits per heavy atom. The van der Waals surface area contributed by atoms with Crippen molar-refractivity contribution in [1.82, 2.24) is 9.78 Å². The molecule has 1 aliphatic carbocycles. The number of rotatable bonds is 7. The molecule has 1 heterocycles. The van der Waals surface area contributed by atoms with E-state index in [9.17, 15) is 0 Å². The van der Waals surface area contributed by atoms with Crippen LogP contribution in [0, 0.1) is 5.92 Å². The number of aromatic nitrogens is 2. The summed E-state index contributed by atoms with van der Waals surface area (Å²) in [4.78, 5) is 0. The van der Waals surface area contributed by atoms with E-state index in [0.717, 1.165) is 47.5 Å². The first-order valence-corrected chi connectivity index (χ1v) is 9.07. The zero-order valence-corrected chi connectivity index (χ0v) is 14.6. The number of benzene rings is 1. The predicted octanol–water partition coefficient (Wildman–Crippen LogP) is 5.26. The Hall–Kier alpha value is -1.48. The molecule has 1 fully saturated rings. The second kappa shape index (κ2) is 7.87. The Labute approximate surface area is 143 Å². The molecule has 124 valence electrons. The van der Waals surface area contributed by atoms with E-state index in [0.29, 0.717) is 6.61 Å². The van der Waals surface area contributed by atoms with Crippen LogP contribution in [0.3, 0.4) is 0 Å². The first kappa shape index (κ1) is 16.4. The SMILES string of the molecule is CCCc1cc(OCc2ccccc2Cl)n(CC2CCCC2)n1. The lowest BCUT2D eigenvalue weighted by molar-refractivity contribution is 0.261. The van der Waals surface area contributed by atoms with Crippen LogP contribution in [0.5, 0.6) is 5.88 Å². The van der Waals surface area contributed by atoms with Gasteiger partial charge in [-0.1, -0.05) is 56.0 Å². The van der Waals surface area contributed by atoms with Gasteiger partial charge in [-0.2, -0.15) is 5.10 Å². The molecule has 0 radical (unpaired) electrons. The van der Waals surface area contributed by atoms with Gasteiger partial charge in [0.2, 0.25) is 5.88 Å². The molecule has 23 heavy (non-hydrogen) atoms. The lowest BCUT2D eigenvalue weighted by Crippen LogP contribution is -2.11. The van der Waals surface area contributed by atoms with Crippen molar-refractivity contribution in [2.45, 2.75) is 58.6 Å². The van der Waals surface area contributed by atoms with Crippen LogP contribution in [0.15, 0.2) is 30.3 Å². The Bertz CT molecular complexity index is 632. The molecule has 1 aliphatic rings. The molecule has 0 N–H and O–H groups in total. The smallest absolute Gasteiger partial charge is 0.212 e. The Balaban J connectivity index is 1.72. The molecule has 1 aromatic heterocycles. The van der Waals surface area contributed by atoms with E-state index in [1.807, 2.05) is 24.3 Å². The minimum absolute atomic E-state index is 0.488. The first-order chi connectivity index (χ1) is 11.3. The molecule has 0 aliphatic heterocycles. The van der Waals surface area contributed by atoms with Crippen LogP contribution in [-0.4, -0.2) is 9.78 Å². The quantitative estimate of drug-likeness (QED) is 0.691. The van der Waals surface area contributed by atoms with Gasteiger partial charge in [0.25, 0.3) is 0 Å². The number of nitrogens with zero attached hydrogens (tertiary/aromatic N) is 2. The lowest BCUT2D eigenvalue weighted by Gasteiger charge is -2.13. The summed E-state index contributed by atoms with van der Waals surface area (Å²) in [5.74, 6) is 1.62. The summed E-state index contributed by atoms with van der Waals surface area (Å²) >= 11 is 6.22. The Morgan fingerprint density at radius 2 is 2.04 bits per heavy atom. The van der Waals surface area contributed by atoms with E-state index in [2.05, 4.69) is 17.7 Å². The average Bonchev–Trinajstić information content (AvgIpc) is 3.18. The van der Waals surface area contributed by atoms with Crippen LogP contribution < -0.4 is 4.74 Å². The maximum atomic E-state index is 6.22. The third-order valence-corrected chi connectivity index (χ3v) is 4.91. The van der Waals surface area contributed by atoms with Gasteiger partial charge in [0.15, 0.2) is 0 Å². The van der Waals surface area contributed by atoms with Crippen molar-refractivity contribution < 1.29 is 4.74 Å². The van der Waals surface area contributed by atoms with Gasteiger partial charge in [0.05, 0.1) is 5.69 Å². The molecule has 2 aromatic rings. The number of ether oxygens (including phenoxy) is 1. The monoisotopic (exact) mass is 332 g/mol. The van der Waals surface area contributed by atoms with Crippen molar-refractivity contribution in [3.05, 3.63) is 46.6 Å². The van der Waals surface area contributed by atoms with E-state index in [-0.39, 0.29) is 0 Å². The normalized spacial score (nSPS) is 15.2. The van der Waals surface area contributed by atoms with Crippen molar-refractivity contribution in [2.24, 2.45) is 5.92 Å². The molecule has 0 saturated heterocycles. The third-order valence-electron chi connectivity index (χ3n) is 4.54. The van der Waals surface area contributed by atoms with Crippen LogP contribution in [0.2, 0.25) is 5.02 Å². The van der Waals surface area contributed by atoms with E-state index in [4.69, 9.17) is 21.4 Å². The molecule has 0 spiro atoms. The van der Waals surface area contributed by atoms with Gasteiger partial charge < -0.3 is 4.74 Å². The van der Waals surface area contributed by atoms with Crippen LogP contribution >= 0.6 is 11.6 Å². The van der Waals surface area contributed by atoms with Crippen molar-refractivity contribution in [3.8, 4) is 5.88 Å². The van der Waals surface area contributed by atoms with Gasteiger partial charge >= 0.3 is 0 Å². The van der Waals surface area contributed by atoms with Gasteiger partial charge in [-0.15, -0.1) is 0 Å². The molecule has 1 aromatic carbocycles. The molecule has 0 amide bonds. The average molecular weight is 333 g/mol. The summed E-state index contributed by atoms with van der Waals surface area (Å²) in [5.41, 5.74) is 2.14. The van der Waals surface area contributed by atoms with Crippen molar-refractivity contribution in [2.75, 3.05) is 0 Å². The van der Waals surface area contributed by atoms with Crippen LogP contribution in [0.25, 0.3) is 0 Å². The topological polar surface area (TPSA) is 27.1 Å². The second-order valence-electron chi connectivity index (χ2n) is 6.44. The molecule has 3 nitrogen and oxygen atoms in total. The second-order valence-corrected chi connectivity index (χ2v) is 6.84. The van der Waals surface area contributed by atoms with E-state index < -0.39 is 0 Å². The zero-order valence-electron chi connectivity index (χ0n) is 13.8.